The summed E-state index contributed by atoms with van der Waals surface area (Å²) in [7, 11) is 0. The highest BCUT2D eigenvalue weighted by Gasteiger charge is 2.51. The monoisotopic (exact) mass is 203 g/mol. The molecule has 0 aromatic heterocycles. The summed E-state index contributed by atoms with van der Waals surface area (Å²) in [4.78, 5) is 0. The molecule has 0 aliphatic heterocycles. The third-order valence-electron chi connectivity index (χ3n) is 3.67. The second-order valence-corrected chi connectivity index (χ2v) is 4.80. The molecular weight excluding hydrogens is 182 g/mol. The Morgan fingerprint density at radius 2 is 2.00 bits per heavy atom. The molecule has 1 heteroatoms. The zero-order valence-electron chi connectivity index (χ0n) is 9.79. The molecule has 1 saturated carbocycles. The minimum atomic E-state index is 0.441. The van der Waals surface area contributed by atoms with Crippen LogP contribution in [0.2, 0.25) is 0 Å². The summed E-state index contributed by atoms with van der Waals surface area (Å²) in [6.07, 6.45) is 2.56. The van der Waals surface area contributed by atoms with E-state index in [1.807, 2.05) is 0 Å². The van der Waals surface area contributed by atoms with E-state index < -0.39 is 0 Å². The fourth-order valence-electron chi connectivity index (χ4n) is 2.50. The number of hydrogen-bond acceptors (Lipinski definition) is 1. The second-order valence-electron chi connectivity index (χ2n) is 4.80. The molecule has 1 fully saturated rings. The van der Waals surface area contributed by atoms with Crippen molar-refractivity contribution < 1.29 is 0 Å². The van der Waals surface area contributed by atoms with E-state index in [-0.39, 0.29) is 0 Å². The molecule has 0 heterocycles. The standard InChI is InChI=1S/C14H21N/c1-3-9-15-11-14(10-12(14)2)13-7-5-4-6-8-13/h4-8,12,15H,3,9-11H2,1-2H3. The average Bonchev–Trinajstić information content (AvgIpc) is 2.93. The summed E-state index contributed by atoms with van der Waals surface area (Å²) in [5.41, 5.74) is 1.96. The SMILES string of the molecule is CCCNCC1(c2ccccc2)CC1C. The Labute approximate surface area is 92.9 Å². The number of rotatable bonds is 5. The lowest BCUT2D eigenvalue weighted by Gasteiger charge is -2.17. The summed E-state index contributed by atoms with van der Waals surface area (Å²) >= 11 is 0. The molecule has 1 aromatic carbocycles. The Bertz CT molecular complexity index is 306. The maximum atomic E-state index is 3.57. The lowest BCUT2D eigenvalue weighted by Crippen LogP contribution is -2.28. The van der Waals surface area contributed by atoms with E-state index in [4.69, 9.17) is 0 Å². The van der Waals surface area contributed by atoms with E-state index in [0.29, 0.717) is 5.41 Å². The van der Waals surface area contributed by atoms with Crippen LogP contribution in [-0.2, 0) is 5.41 Å². The van der Waals surface area contributed by atoms with Gasteiger partial charge in [-0.05, 0) is 30.9 Å². The molecule has 2 rings (SSSR count). The molecule has 2 atom stereocenters. The van der Waals surface area contributed by atoms with Gasteiger partial charge in [0.2, 0.25) is 0 Å². The van der Waals surface area contributed by atoms with Crippen LogP contribution in [0, 0.1) is 5.92 Å². The van der Waals surface area contributed by atoms with E-state index in [1.165, 1.54) is 18.4 Å². The Hall–Kier alpha value is -0.820. The number of nitrogens with one attached hydrogen (secondary N) is 1. The minimum absolute atomic E-state index is 0.441. The molecule has 0 radical (unpaired) electrons. The first-order chi connectivity index (χ1) is 7.29. The van der Waals surface area contributed by atoms with Gasteiger partial charge in [-0.2, -0.15) is 0 Å². The molecule has 0 amide bonds. The van der Waals surface area contributed by atoms with Gasteiger partial charge in [0.15, 0.2) is 0 Å². The first-order valence-electron chi connectivity index (χ1n) is 6.06. The first-order valence-corrected chi connectivity index (χ1v) is 6.06. The third-order valence-corrected chi connectivity index (χ3v) is 3.67. The molecular formula is C14H21N. The summed E-state index contributed by atoms with van der Waals surface area (Å²) < 4.78 is 0. The van der Waals surface area contributed by atoms with E-state index >= 15 is 0 Å². The van der Waals surface area contributed by atoms with E-state index in [0.717, 1.165) is 19.0 Å². The molecule has 2 unspecified atom stereocenters. The molecule has 0 spiro atoms. The Morgan fingerprint density at radius 1 is 1.33 bits per heavy atom. The molecule has 0 saturated heterocycles. The summed E-state index contributed by atoms with van der Waals surface area (Å²) in [6.45, 7) is 6.87. The molecule has 15 heavy (non-hydrogen) atoms. The van der Waals surface area contributed by atoms with Crippen molar-refractivity contribution in [3.8, 4) is 0 Å². The predicted octanol–water partition coefficient (Wildman–Crippen LogP) is 2.96. The molecule has 82 valence electrons. The van der Waals surface area contributed by atoms with Gasteiger partial charge in [0.25, 0.3) is 0 Å². The topological polar surface area (TPSA) is 12.0 Å². The van der Waals surface area contributed by atoms with Crippen molar-refractivity contribution in [1.82, 2.24) is 5.32 Å². The second kappa shape index (κ2) is 4.36. The summed E-state index contributed by atoms with van der Waals surface area (Å²) in [6, 6.07) is 11.0. The average molecular weight is 203 g/mol. The van der Waals surface area contributed by atoms with Crippen LogP contribution >= 0.6 is 0 Å². The first kappa shape index (κ1) is 10.7. The molecule has 1 aliphatic carbocycles. The van der Waals surface area contributed by atoms with E-state index in [9.17, 15) is 0 Å². The van der Waals surface area contributed by atoms with Gasteiger partial charge >= 0.3 is 0 Å². The van der Waals surface area contributed by atoms with Gasteiger partial charge < -0.3 is 5.32 Å². The maximum Gasteiger partial charge on any atom is 0.0106 e. The van der Waals surface area contributed by atoms with Crippen LogP contribution < -0.4 is 5.32 Å². The van der Waals surface area contributed by atoms with Crippen LogP contribution in [0.1, 0.15) is 32.3 Å². The summed E-state index contributed by atoms with van der Waals surface area (Å²) in [5, 5.41) is 3.57. The van der Waals surface area contributed by atoms with Gasteiger partial charge in [-0.25, -0.2) is 0 Å². The van der Waals surface area contributed by atoms with Crippen molar-refractivity contribution in [2.45, 2.75) is 32.1 Å². The van der Waals surface area contributed by atoms with Crippen LogP contribution in [0.15, 0.2) is 30.3 Å². The van der Waals surface area contributed by atoms with Crippen molar-refractivity contribution in [2.24, 2.45) is 5.92 Å². The maximum absolute atomic E-state index is 3.57. The predicted molar refractivity (Wildman–Crippen MR) is 65.1 cm³/mol. The molecule has 1 aliphatic rings. The van der Waals surface area contributed by atoms with Crippen molar-refractivity contribution in [3.63, 3.8) is 0 Å². The molecule has 1 aromatic rings. The van der Waals surface area contributed by atoms with E-state index in [2.05, 4.69) is 49.5 Å². The van der Waals surface area contributed by atoms with Gasteiger partial charge in [-0.1, -0.05) is 44.2 Å². The zero-order valence-corrected chi connectivity index (χ0v) is 9.79. The lowest BCUT2D eigenvalue weighted by atomic mass is 9.93. The Balaban J connectivity index is 2.04. The smallest absolute Gasteiger partial charge is 0.0106 e. The normalized spacial score (nSPS) is 29.1. The highest BCUT2D eigenvalue weighted by Crippen LogP contribution is 2.53. The zero-order chi connectivity index (χ0) is 10.7. The van der Waals surface area contributed by atoms with Crippen molar-refractivity contribution in [3.05, 3.63) is 35.9 Å². The quantitative estimate of drug-likeness (QED) is 0.725. The molecule has 1 N–H and O–H groups in total. The highest BCUT2D eigenvalue weighted by molar-refractivity contribution is 5.33. The van der Waals surface area contributed by atoms with Crippen LogP contribution in [0.3, 0.4) is 0 Å². The van der Waals surface area contributed by atoms with Crippen LogP contribution in [0.25, 0.3) is 0 Å². The Morgan fingerprint density at radius 3 is 2.53 bits per heavy atom. The van der Waals surface area contributed by atoms with Crippen molar-refractivity contribution in [1.29, 1.82) is 0 Å². The van der Waals surface area contributed by atoms with Gasteiger partial charge in [-0.15, -0.1) is 0 Å². The molecule has 1 nitrogen and oxygen atoms in total. The third kappa shape index (κ3) is 2.07. The van der Waals surface area contributed by atoms with Crippen molar-refractivity contribution in [2.75, 3.05) is 13.1 Å². The van der Waals surface area contributed by atoms with Gasteiger partial charge in [0.1, 0.15) is 0 Å². The van der Waals surface area contributed by atoms with Crippen LogP contribution in [0.4, 0.5) is 0 Å². The number of hydrogen-bond donors (Lipinski definition) is 1. The van der Waals surface area contributed by atoms with E-state index in [1.54, 1.807) is 0 Å². The minimum Gasteiger partial charge on any atom is -0.316 e. The Kier molecular flexibility index (Phi) is 3.11. The van der Waals surface area contributed by atoms with Gasteiger partial charge in [-0.3, -0.25) is 0 Å². The van der Waals surface area contributed by atoms with Gasteiger partial charge in [0, 0.05) is 12.0 Å². The molecule has 0 bridgehead atoms. The van der Waals surface area contributed by atoms with Gasteiger partial charge in [0.05, 0.1) is 0 Å². The fraction of sp³-hybridized carbons (Fsp3) is 0.571. The van der Waals surface area contributed by atoms with Crippen LogP contribution in [0.5, 0.6) is 0 Å². The fourth-order valence-corrected chi connectivity index (χ4v) is 2.50. The van der Waals surface area contributed by atoms with Crippen LogP contribution in [-0.4, -0.2) is 13.1 Å². The summed E-state index contributed by atoms with van der Waals surface area (Å²) in [5.74, 6) is 0.837. The highest BCUT2D eigenvalue weighted by atomic mass is 14.9. The number of benzene rings is 1. The largest absolute Gasteiger partial charge is 0.316 e. The van der Waals surface area contributed by atoms with Crippen molar-refractivity contribution >= 4 is 0 Å². The lowest BCUT2D eigenvalue weighted by molar-refractivity contribution is 0.541.